The molecule has 1 fully saturated rings. The summed E-state index contributed by atoms with van der Waals surface area (Å²) >= 11 is 0. The Bertz CT molecular complexity index is 1110. The van der Waals surface area contributed by atoms with Gasteiger partial charge in [-0.25, -0.2) is 15.0 Å². The van der Waals surface area contributed by atoms with E-state index in [4.69, 9.17) is 15.0 Å². The fourth-order valence-corrected chi connectivity index (χ4v) is 3.89. The average molecular weight is 433 g/mol. The average Bonchev–Trinajstić information content (AvgIpc) is 3.28. The van der Waals surface area contributed by atoms with E-state index in [0.717, 1.165) is 0 Å². The van der Waals surface area contributed by atoms with Crippen LogP contribution < -0.4 is 5.73 Å². The van der Waals surface area contributed by atoms with Crippen molar-refractivity contribution in [2.24, 2.45) is 0 Å². The molecule has 5 N–H and O–H groups in total. The van der Waals surface area contributed by atoms with Gasteiger partial charge in [0.1, 0.15) is 35.9 Å². The number of aromatic nitrogens is 4. The third-order valence-electron chi connectivity index (χ3n) is 4.72. The summed E-state index contributed by atoms with van der Waals surface area (Å²) in [5.74, 6) is 1.57. The number of hydrogen-bond donors (Lipinski definition) is 4. The monoisotopic (exact) mass is 433 g/mol. The Kier molecular flexibility index (Phi) is 5.80. The molecular formula is C18H20N5O6P. The Morgan fingerprint density at radius 1 is 1.23 bits per heavy atom. The Morgan fingerprint density at radius 2 is 2.03 bits per heavy atom. The molecule has 0 saturated carbocycles. The Hall–Kier alpha value is -2.82. The van der Waals surface area contributed by atoms with Gasteiger partial charge in [-0.2, -0.15) is 0 Å². The van der Waals surface area contributed by atoms with Gasteiger partial charge in [-0.15, -0.1) is 0 Å². The standard InChI is InChI=1S/C18H20N5O6P/c19-16-13-17(21-8-20-16)23(9-22-13)18-15(26)14(25)12(29-18)7-28-30(27)6-5-10-3-1-2-4-11(10)24/h1-6,8-9,12,14-15,18,24-26,30H,7H2,(H2,19,20,21)/b6-5+/t12-,14+,15?,18-/m1/s1. The molecule has 12 heteroatoms. The molecule has 3 heterocycles. The Labute approximate surface area is 171 Å². The summed E-state index contributed by atoms with van der Waals surface area (Å²) in [4.78, 5) is 12.1. The molecule has 0 spiro atoms. The molecule has 0 aliphatic carbocycles. The number of nitrogens with two attached hydrogens (primary N) is 1. The van der Waals surface area contributed by atoms with Crippen molar-refractivity contribution in [1.82, 2.24) is 19.5 Å². The molecule has 2 unspecified atom stereocenters. The van der Waals surface area contributed by atoms with Gasteiger partial charge in [-0.05, 0) is 18.0 Å². The van der Waals surface area contributed by atoms with Crippen molar-refractivity contribution in [3.8, 4) is 5.75 Å². The van der Waals surface area contributed by atoms with Crippen molar-refractivity contribution >= 4 is 31.1 Å². The van der Waals surface area contributed by atoms with Crippen LogP contribution in [0.1, 0.15) is 11.8 Å². The number of fused-ring (bicyclic) bond motifs is 1. The topological polar surface area (TPSA) is 166 Å². The van der Waals surface area contributed by atoms with Gasteiger partial charge in [-0.1, -0.05) is 18.2 Å². The van der Waals surface area contributed by atoms with Crippen LogP contribution in [0.25, 0.3) is 17.2 Å². The lowest BCUT2D eigenvalue weighted by molar-refractivity contribution is -0.0464. The lowest BCUT2D eigenvalue weighted by atomic mass is 10.1. The second kappa shape index (κ2) is 8.50. The van der Waals surface area contributed by atoms with Gasteiger partial charge in [0.15, 0.2) is 17.7 Å². The van der Waals surface area contributed by atoms with E-state index < -0.39 is 32.6 Å². The van der Waals surface area contributed by atoms with Crippen LogP contribution in [0.5, 0.6) is 5.75 Å². The number of nitrogen functional groups attached to an aromatic ring is 1. The van der Waals surface area contributed by atoms with Crippen LogP contribution in [0.15, 0.2) is 42.7 Å². The summed E-state index contributed by atoms with van der Waals surface area (Å²) in [7, 11) is -2.61. The summed E-state index contributed by atoms with van der Waals surface area (Å²) in [6.07, 6.45) is -0.326. The van der Waals surface area contributed by atoms with E-state index in [0.29, 0.717) is 16.7 Å². The van der Waals surface area contributed by atoms with Gasteiger partial charge >= 0.3 is 0 Å². The highest BCUT2D eigenvalue weighted by Gasteiger charge is 2.44. The molecule has 0 radical (unpaired) electrons. The van der Waals surface area contributed by atoms with Crippen LogP contribution >= 0.6 is 8.03 Å². The van der Waals surface area contributed by atoms with E-state index in [1.54, 1.807) is 18.2 Å². The van der Waals surface area contributed by atoms with Crippen LogP contribution in [-0.2, 0) is 13.8 Å². The predicted octanol–water partition coefficient (Wildman–Crippen LogP) is 0.895. The van der Waals surface area contributed by atoms with Crippen LogP contribution in [0.3, 0.4) is 0 Å². The molecule has 2 aromatic heterocycles. The third kappa shape index (κ3) is 3.93. The van der Waals surface area contributed by atoms with Gasteiger partial charge in [0.05, 0.1) is 12.9 Å². The molecule has 11 nitrogen and oxygen atoms in total. The second-order valence-electron chi connectivity index (χ2n) is 6.65. The number of ether oxygens (including phenoxy) is 1. The summed E-state index contributed by atoms with van der Waals surface area (Å²) in [5.41, 5.74) is 6.96. The van der Waals surface area contributed by atoms with Crippen LogP contribution in [0.4, 0.5) is 5.82 Å². The quantitative estimate of drug-likeness (QED) is 0.410. The number of rotatable bonds is 6. The first-order valence-electron chi connectivity index (χ1n) is 9.03. The fraction of sp³-hybridized carbons (Fsp3) is 0.278. The maximum Gasteiger partial charge on any atom is 0.213 e. The molecule has 0 bridgehead atoms. The molecule has 1 aliphatic heterocycles. The second-order valence-corrected chi connectivity index (χ2v) is 7.91. The third-order valence-corrected chi connectivity index (χ3v) is 5.61. The number of anilines is 1. The van der Waals surface area contributed by atoms with E-state index >= 15 is 0 Å². The molecule has 1 aliphatic rings. The van der Waals surface area contributed by atoms with Gasteiger partial charge in [0, 0.05) is 5.56 Å². The Morgan fingerprint density at radius 3 is 2.83 bits per heavy atom. The smallest absolute Gasteiger partial charge is 0.213 e. The highest BCUT2D eigenvalue weighted by atomic mass is 31.1. The summed E-state index contributed by atoms with van der Waals surface area (Å²) in [6, 6.07) is 6.59. The first-order chi connectivity index (χ1) is 14.5. The molecule has 4 rings (SSSR count). The van der Waals surface area contributed by atoms with E-state index in [2.05, 4.69) is 15.0 Å². The lowest BCUT2D eigenvalue weighted by Gasteiger charge is -2.16. The molecular weight excluding hydrogens is 413 g/mol. The molecule has 3 aromatic rings. The van der Waals surface area contributed by atoms with Crippen LogP contribution in [0.2, 0.25) is 0 Å². The maximum atomic E-state index is 12.1. The van der Waals surface area contributed by atoms with E-state index in [9.17, 15) is 19.9 Å². The molecule has 5 atom stereocenters. The molecule has 0 amide bonds. The minimum atomic E-state index is -2.61. The minimum Gasteiger partial charge on any atom is -0.507 e. The summed E-state index contributed by atoms with van der Waals surface area (Å²) in [5, 5.41) is 30.4. The maximum absolute atomic E-state index is 12.1. The first-order valence-corrected chi connectivity index (χ1v) is 10.4. The zero-order valence-corrected chi connectivity index (χ0v) is 16.6. The minimum absolute atomic E-state index is 0.0565. The number of aliphatic hydroxyl groups excluding tert-OH is 2. The van der Waals surface area contributed by atoms with E-state index in [-0.39, 0.29) is 18.2 Å². The largest absolute Gasteiger partial charge is 0.507 e. The van der Waals surface area contributed by atoms with Crippen molar-refractivity contribution in [3.05, 3.63) is 48.3 Å². The molecule has 30 heavy (non-hydrogen) atoms. The van der Waals surface area contributed by atoms with E-state index in [1.165, 1.54) is 35.2 Å². The van der Waals surface area contributed by atoms with Gasteiger partial charge in [0.25, 0.3) is 0 Å². The van der Waals surface area contributed by atoms with Crippen molar-refractivity contribution in [2.75, 3.05) is 12.3 Å². The van der Waals surface area contributed by atoms with Gasteiger partial charge < -0.3 is 30.3 Å². The normalized spacial score (nSPS) is 25.3. The van der Waals surface area contributed by atoms with Crippen molar-refractivity contribution in [3.63, 3.8) is 0 Å². The van der Waals surface area contributed by atoms with Crippen molar-refractivity contribution < 1.29 is 29.1 Å². The number of aliphatic hydroxyl groups is 2. The van der Waals surface area contributed by atoms with Gasteiger partial charge in [-0.3, -0.25) is 9.13 Å². The van der Waals surface area contributed by atoms with E-state index in [1.807, 2.05) is 0 Å². The zero-order chi connectivity index (χ0) is 21.3. The van der Waals surface area contributed by atoms with Crippen molar-refractivity contribution in [2.45, 2.75) is 24.5 Å². The molecule has 1 saturated heterocycles. The lowest BCUT2D eigenvalue weighted by Crippen LogP contribution is -2.33. The highest BCUT2D eigenvalue weighted by Crippen LogP contribution is 2.34. The summed E-state index contributed by atoms with van der Waals surface area (Å²) in [6.45, 7) is -0.207. The SMILES string of the molecule is Nc1ncnc2c1ncn2[C@@H]1O[C@H](CO[PH](=O)/C=C/c2ccccc2O)[C@H](O)C1O. The number of para-hydroxylation sites is 1. The van der Waals surface area contributed by atoms with Gasteiger partial charge in [0.2, 0.25) is 8.03 Å². The summed E-state index contributed by atoms with van der Waals surface area (Å²) < 4.78 is 24.6. The highest BCUT2D eigenvalue weighted by molar-refractivity contribution is 7.43. The van der Waals surface area contributed by atoms with Crippen LogP contribution in [-0.4, -0.2) is 59.8 Å². The number of hydrogen-bond acceptors (Lipinski definition) is 10. The molecule has 1 aromatic carbocycles. The fourth-order valence-electron chi connectivity index (χ4n) is 3.15. The predicted molar refractivity (Wildman–Crippen MR) is 108 cm³/mol. The van der Waals surface area contributed by atoms with Crippen molar-refractivity contribution in [1.29, 1.82) is 0 Å². The number of aromatic hydroxyl groups is 1. The molecule has 158 valence electrons. The number of phenols is 1. The first kappa shape index (κ1) is 20.5. The Balaban J connectivity index is 1.41. The number of phenolic OH excluding ortho intramolecular Hbond substituents is 1. The van der Waals surface area contributed by atoms with Crippen LogP contribution in [0, 0.1) is 0 Å². The number of imidazole rings is 1. The zero-order valence-electron chi connectivity index (χ0n) is 15.6. The number of nitrogens with zero attached hydrogens (tertiary/aromatic N) is 4. The number of benzene rings is 1.